The maximum atomic E-state index is 11.3. The van der Waals surface area contributed by atoms with Crippen LogP contribution in [0.3, 0.4) is 0 Å². The summed E-state index contributed by atoms with van der Waals surface area (Å²) in [4.78, 5) is 23.9. The molecule has 0 unspecified atom stereocenters. The van der Waals surface area contributed by atoms with E-state index in [-0.39, 0.29) is 11.6 Å². The van der Waals surface area contributed by atoms with E-state index in [4.69, 9.17) is 16.2 Å². The minimum absolute atomic E-state index is 0.132. The van der Waals surface area contributed by atoms with Gasteiger partial charge in [0.2, 0.25) is 5.95 Å². The van der Waals surface area contributed by atoms with Crippen LogP contribution >= 0.6 is 0 Å². The molecule has 2 aromatic heterocycles. The van der Waals surface area contributed by atoms with Crippen LogP contribution in [-0.4, -0.2) is 20.9 Å². The molecule has 0 spiro atoms. The molecule has 5 N–H and O–H groups in total. The first-order valence-electron chi connectivity index (χ1n) is 10.0. The molecule has 0 bridgehead atoms. The zero-order chi connectivity index (χ0) is 22.5. The number of anilines is 3. The number of nitrogen functional groups attached to an aromatic ring is 1. The average Bonchev–Trinajstić information content (AvgIpc) is 2.79. The fraction of sp³-hybridized carbons (Fsp3) is 0.0833. The molecule has 0 aliphatic carbocycles. The normalized spacial score (nSPS) is 10.5. The van der Waals surface area contributed by atoms with Crippen LogP contribution in [0.15, 0.2) is 72.9 Å². The third-order valence-electron chi connectivity index (χ3n) is 4.73. The van der Waals surface area contributed by atoms with Crippen LogP contribution in [0.1, 0.15) is 23.0 Å². The number of aryl methyl sites for hydroxylation is 1. The van der Waals surface area contributed by atoms with E-state index in [2.05, 4.69) is 39.3 Å². The van der Waals surface area contributed by atoms with E-state index in [1.165, 1.54) is 17.8 Å². The SMILES string of the molecule is CCc1ccc(-c2cc(Nc3cccc(Oc4ccnc(C(N)=O)c4)c3)nc(N)n2)cc1. The van der Waals surface area contributed by atoms with E-state index in [0.717, 1.165) is 23.4 Å². The van der Waals surface area contributed by atoms with Crippen LogP contribution in [0.5, 0.6) is 11.5 Å². The summed E-state index contributed by atoms with van der Waals surface area (Å²) in [6, 6.07) is 20.5. The van der Waals surface area contributed by atoms with Gasteiger partial charge in [-0.05, 0) is 30.2 Å². The van der Waals surface area contributed by atoms with Crippen LogP contribution in [0.25, 0.3) is 11.3 Å². The maximum absolute atomic E-state index is 11.3. The zero-order valence-electron chi connectivity index (χ0n) is 17.4. The molecule has 0 saturated heterocycles. The molecular weight excluding hydrogens is 404 g/mol. The zero-order valence-corrected chi connectivity index (χ0v) is 17.4. The Morgan fingerprint density at radius 2 is 1.78 bits per heavy atom. The van der Waals surface area contributed by atoms with E-state index >= 15 is 0 Å². The Labute approximate surface area is 185 Å². The fourth-order valence-electron chi connectivity index (χ4n) is 3.12. The second kappa shape index (κ2) is 9.13. The number of nitrogens with zero attached hydrogens (tertiary/aromatic N) is 3. The predicted octanol–water partition coefficient (Wildman–Crippen LogP) is 4.32. The Morgan fingerprint density at radius 3 is 2.53 bits per heavy atom. The molecule has 2 heterocycles. The molecule has 32 heavy (non-hydrogen) atoms. The van der Waals surface area contributed by atoms with Crippen LogP contribution < -0.4 is 21.5 Å². The van der Waals surface area contributed by atoms with Crippen LogP contribution in [0, 0.1) is 0 Å². The summed E-state index contributed by atoms with van der Waals surface area (Å²) in [5.74, 6) is 1.13. The highest BCUT2D eigenvalue weighted by molar-refractivity contribution is 5.91. The number of hydrogen-bond donors (Lipinski definition) is 3. The highest BCUT2D eigenvalue weighted by atomic mass is 16.5. The van der Waals surface area contributed by atoms with E-state index in [1.807, 2.05) is 30.3 Å². The van der Waals surface area contributed by atoms with Crippen LogP contribution in [0.2, 0.25) is 0 Å². The van der Waals surface area contributed by atoms with Gasteiger partial charge in [-0.25, -0.2) is 4.98 Å². The molecule has 4 aromatic rings. The second-order valence-electron chi connectivity index (χ2n) is 7.04. The Morgan fingerprint density at radius 1 is 1.00 bits per heavy atom. The Kier molecular flexibility index (Phi) is 5.94. The van der Waals surface area contributed by atoms with Crippen molar-refractivity contribution in [2.45, 2.75) is 13.3 Å². The summed E-state index contributed by atoms with van der Waals surface area (Å²) in [6.07, 6.45) is 2.44. The minimum Gasteiger partial charge on any atom is -0.457 e. The van der Waals surface area contributed by atoms with Crippen molar-refractivity contribution < 1.29 is 9.53 Å². The van der Waals surface area contributed by atoms with E-state index in [0.29, 0.717) is 17.3 Å². The van der Waals surface area contributed by atoms with Crippen molar-refractivity contribution in [2.75, 3.05) is 11.1 Å². The summed E-state index contributed by atoms with van der Waals surface area (Å²) in [5.41, 5.74) is 15.0. The fourth-order valence-corrected chi connectivity index (χ4v) is 3.12. The summed E-state index contributed by atoms with van der Waals surface area (Å²) in [6.45, 7) is 2.11. The first-order valence-corrected chi connectivity index (χ1v) is 10.0. The van der Waals surface area contributed by atoms with Crippen molar-refractivity contribution >= 4 is 23.4 Å². The lowest BCUT2D eigenvalue weighted by Crippen LogP contribution is -2.12. The summed E-state index contributed by atoms with van der Waals surface area (Å²) < 4.78 is 5.84. The lowest BCUT2D eigenvalue weighted by molar-refractivity contribution is 0.0995. The lowest BCUT2D eigenvalue weighted by Gasteiger charge is -2.11. The van der Waals surface area contributed by atoms with Gasteiger partial charge in [-0.1, -0.05) is 37.3 Å². The van der Waals surface area contributed by atoms with Gasteiger partial charge >= 0.3 is 0 Å². The number of nitrogens with one attached hydrogen (secondary N) is 1. The molecule has 1 amide bonds. The van der Waals surface area contributed by atoms with Crippen molar-refractivity contribution in [3.8, 4) is 22.8 Å². The van der Waals surface area contributed by atoms with Gasteiger partial charge in [0.25, 0.3) is 5.91 Å². The molecule has 0 saturated carbocycles. The summed E-state index contributed by atoms with van der Waals surface area (Å²) in [5, 5.41) is 3.24. The van der Waals surface area contributed by atoms with Crippen molar-refractivity contribution in [1.82, 2.24) is 15.0 Å². The summed E-state index contributed by atoms with van der Waals surface area (Å²) in [7, 11) is 0. The van der Waals surface area contributed by atoms with Gasteiger partial charge in [-0.3, -0.25) is 9.78 Å². The van der Waals surface area contributed by atoms with Crippen LogP contribution in [0.4, 0.5) is 17.5 Å². The first-order chi connectivity index (χ1) is 15.5. The molecule has 8 heteroatoms. The third-order valence-corrected chi connectivity index (χ3v) is 4.73. The monoisotopic (exact) mass is 426 g/mol. The number of amides is 1. The third kappa shape index (κ3) is 4.99. The average molecular weight is 426 g/mol. The number of rotatable bonds is 7. The molecule has 0 atom stereocenters. The number of nitrogens with two attached hydrogens (primary N) is 2. The number of hydrogen-bond acceptors (Lipinski definition) is 7. The quantitative estimate of drug-likeness (QED) is 0.401. The van der Waals surface area contributed by atoms with Crippen LogP contribution in [-0.2, 0) is 6.42 Å². The Bertz CT molecular complexity index is 1260. The number of aromatic nitrogens is 3. The number of carbonyl (C=O) groups excluding carboxylic acids is 1. The van der Waals surface area contributed by atoms with Gasteiger partial charge < -0.3 is 21.5 Å². The molecule has 2 aromatic carbocycles. The number of pyridine rings is 1. The van der Waals surface area contributed by atoms with E-state index in [9.17, 15) is 4.79 Å². The Balaban J connectivity index is 1.55. The van der Waals surface area contributed by atoms with E-state index < -0.39 is 5.91 Å². The largest absolute Gasteiger partial charge is 0.457 e. The maximum Gasteiger partial charge on any atom is 0.267 e. The number of primary amides is 1. The van der Waals surface area contributed by atoms with Crippen molar-refractivity contribution in [3.05, 3.63) is 84.2 Å². The van der Waals surface area contributed by atoms with Crippen molar-refractivity contribution in [2.24, 2.45) is 5.73 Å². The molecule has 0 aliphatic heterocycles. The van der Waals surface area contributed by atoms with E-state index in [1.54, 1.807) is 18.2 Å². The number of ether oxygens (including phenoxy) is 1. The number of benzene rings is 2. The standard InChI is InChI=1S/C24H22N6O2/c1-2-15-6-8-16(9-7-15)20-14-22(30-24(26)29-20)28-17-4-3-5-18(12-17)32-19-10-11-27-21(13-19)23(25)31/h3-14H,2H2,1H3,(H2,25,31)(H3,26,28,29,30). The molecule has 160 valence electrons. The smallest absolute Gasteiger partial charge is 0.267 e. The second-order valence-corrected chi connectivity index (χ2v) is 7.04. The topological polar surface area (TPSA) is 129 Å². The Hall–Kier alpha value is -4.46. The van der Waals surface area contributed by atoms with Gasteiger partial charge in [0.1, 0.15) is 23.0 Å². The van der Waals surface area contributed by atoms with Gasteiger partial charge in [0.05, 0.1) is 5.69 Å². The highest BCUT2D eigenvalue weighted by Gasteiger charge is 2.08. The molecular formula is C24H22N6O2. The summed E-state index contributed by atoms with van der Waals surface area (Å²) >= 11 is 0. The molecule has 0 radical (unpaired) electrons. The molecule has 8 nitrogen and oxygen atoms in total. The molecule has 4 rings (SSSR count). The van der Waals surface area contributed by atoms with Crippen molar-refractivity contribution in [3.63, 3.8) is 0 Å². The lowest BCUT2D eigenvalue weighted by atomic mass is 10.1. The van der Waals surface area contributed by atoms with Gasteiger partial charge in [0, 0.05) is 35.6 Å². The molecule has 0 fully saturated rings. The van der Waals surface area contributed by atoms with Gasteiger partial charge in [0.15, 0.2) is 0 Å². The van der Waals surface area contributed by atoms with Gasteiger partial charge in [-0.2, -0.15) is 4.98 Å². The highest BCUT2D eigenvalue weighted by Crippen LogP contribution is 2.27. The minimum atomic E-state index is -0.618. The van der Waals surface area contributed by atoms with Gasteiger partial charge in [-0.15, -0.1) is 0 Å². The van der Waals surface area contributed by atoms with Crippen molar-refractivity contribution in [1.29, 1.82) is 0 Å². The first kappa shape index (κ1) is 20.8. The predicted molar refractivity (Wildman–Crippen MR) is 124 cm³/mol. The number of carbonyl (C=O) groups is 1. The molecule has 0 aliphatic rings.